The number of hydrogen-bond donors (Lipinski definition) is 1. The van der Waals surface area contributed by atoms with Crippen molar-refractivity contribution in [2.24, 2.45) is 11.3 Å². The summed E-state index contributed by atoms with van der Waals surface area (Å²) in [5.41, 5.74) is 0.0179. The lowest BCUT2D eigenvalue weighted by molar-refractivity contribution is -0.136. The van der Waals surface area contributed by atoms with E-state index in [1.54, 1.807) is 0 Å². The summed E-state index contributed by atoms with van der Waals surface area (Å²) >= 11 is 0. The van der Waals surface area contributed by atoms with E-state index >= 15 is 0 Å². The molecule has 1 saturated carbocycles. The van der Waals surface area contributed by atoms with Crippen molar-refractivity contribution in [3.8, 4) is 6.07 Å². The van der Waals surface area contributed by atoms with Gasteiger partial charge in [-0.05, 0) is 37.1 Å². The van der Waals surface area contributed by atoms with E-state index in [0.29, 0.717) is 12.0 Å². The lowest BCUT2D eigenvalue weighted by atomic mass is 9.84. The molecular formula is C13H19N3O. The Morgan fingerprint density at radius 3 is 2.82 bits per heavy atom. The molecule has 3 fully saturated rings. The summed E-state index contributed by atoms with van der Waals surface area (Å²) in [6, 6.07) is 2.37. The van der Waals surface area contributed by atoms with Crippen molar-refractivity contribution < 1.29 is 4.79 Å². The zero-order chi connectivity index (χ0) is 12.2. The Balaban J connectivity index is 1.80. The molecule has 1 N–H and O–H groups in total. The van der Waals surface area contributed by atoms with Crippen LogP contribution in [0.5, 0.6) is 0 Å². The first kappa shape index (κ1) is 11.0. The van der Waals surface area contributed by atoms with Crippen LogP contribution < -0.4 is 5.32 Å². The van der Waals surface area contributed by atoms with Gasteiger partial charge >= 0.3 is 0 Å². The van der Waals surface area contributed by atoms with Crippen molar-refractivity contribution in [1.29, 1.82) is 5.26 Å². The highest BCUT2D eigenvalue weighted by Gasteiger charge is 2.56. The van der Waals surface area contributed by atoms with Crippen LogP contribution in [0, 0.1) is 22.7 Å². The van der Waals surface area contributed by atoms with Crippen molar-refractivity contribution in [3.63, 3.8) is 0 Å². The third-order valence-corrected chi connectivity index (χ3v) is 4.65. The van der Waals surface area contributed by atoms with E-state index < -0.39 is 0 Å². The Bertz CT molecular complexity index is 398. The number of hydrogen-bond acceptors (Lipinski definition) is 3. The minimum atomic E-state index is -0.176. The first-order valence-corrected chi connectivity index (χ1v) is 6.50. The summed E-state index contributed by atoms with van der Waals surface area (Å²) in [6.45, 7) is 5.18. The molecule has 4 unspecified atom stereocenters. The summed E-state index contributed by atoms with van der Waals surface area (Å²) < 4.78 is 0. The Morgan fingerprint density at radius 1 is 1.47 bits per heavy atom. The minimum Gasteiger partial charge on any atom is -0.322 e. The average Bonchev–Trinajstić information content (AvgIpc) is 2.79. The summed E-state index contributed by atoms with van der Waals surface area (Å²) in [7, 11) is 0. The Hall–Kier alpha value is -1.08. The molecule has 2 heterocycles. The van der Waals surface area contributed by atoms with Gasteiger partial charge in [0.05, 0.1) is 12.1 Å². The number of likely N-dealkylation sites (tertiary alicyclic amines) is 1. The molecule has 0 radical (unpaired) electrons. The van der Waals surface area contributed by atoms with Gasteiger partial charge in [0.2, 0.25) is 5.91 Å². The molecule has 1 amide bonds. The molecule has 2 aliphatic heterocycles. The molecule has 3 aliphatic rings. The first-order valence-electron chi connectivity index (χ1n) is 6.50. The van der Waals surface area contributed by atoms with E-state index in [2.05, 4.69) is 25.2 Å². The molecule has 92 valence electrons. The largest absolute Gasteiger partial charge is 0.322 e. The molecule has 4 heteroatoms. The highest BCUT2D eigenvalue weighted by molar-refractivity contribution is 5.85. The fourth-order valence-electron chi connectivity index (χ4n) is 3.42. The number of amides is 1. The van der Waals surface area contributed by atoms with Gasteiger partial charge in [0.25, 0.3) is 0 Å². The summed E-state index contributed by atoms with van der Waals surface area (Å²) in [6.07, 6.45) is 3.03. The Morgan fingerprint density at radius 2 is 2.24 bits per heavy atom. The molecule has 0 bridgehead atoms. The van der Waals surface area contributed by atoms with Gasteiger partial charge < -0.3 is 10.2 Å². The average molecular weight is 233 g/mol. The normalized spacial score (nSPS) is 42.1. The molecule has 0 spiro atoms. The molecule has 0 aromatic heterocycles. The molecular weight excluding hydrogens is 214 g/mol. The van der Waals surface area contributed by atoms with Crippen LogP contribution in [0.3, 0.4) is 0 Å². The third kappa shape index (κ3) is 1.56. The van der Waals surface area contributed by atoms with Gasteiger partial charge in [-0.25, -0.2) is 0 Å². The number of nitriles is 1. The van der Waals surface area contributed by atoms with Gasteiger partial charge in [0, 0.05) is 6.04 Å². The van der Waals surface area contributed by atoms with Gasteiger partial charge in [0.15, 0.2) is 0 Å². The van der Waals surface area contributed by atoms with Crippen LogP contribution in [0.15, 0.2) is 0 Å². The number of rotatable bonds is 1. The highest BCUT2D eigenvalue weighted by atomic mass is 16.2. The van der Waals surface area contributed by atoms with Crippen LogP contribution in [-0.4, -0.2) is 35.5 Å². The number of piperidine rings is 1. The third-order valence-electron chi connectivity index (χ3n) is 4.65. The van der Waals surface area contributed by atoms with Crippen molar-refractivity contribution in [3.05, 3.63) is 0 Å². The SMILES string of the molecule is CC1(C)CCNC1C(=O)N1C(C#N)CC2CC21. The standard InChI is InChI=1S/C13H19N3O/c1-13(2)3-4-15-11(13)12(17)16-9(7-14)5-8-6-10(8)16/h8-11,15H,3-6H2,1-2H3. The maximum absolute atomic E-state index is 12.6. The molecule has 2 saturated heterocycles. The molecule has 0 aromatic rings. The predicted octanol–water partition coefficient (Wildman–Crippen LogP) is 0.887. The molecule has 17 heavy (non-hydrogen) atoms. The fourth-order valence-corrected chi connectivity index (χ4v) is 3.42. The Kier molecular flexibility index (Phi) is 2.24. The number of fused-ring (bicyclic) bond motifs is 1. The zero-order valence-electron chi connectivity index (χ0n) is 10.4. The summed E-state index contributed by atoms with van der Waals surface area (Å²) in [5, 5.41) is 12.4. The molecule has 4 atom stereocenters. The summed E-state index contributed by atoms with van der Waals surface area (Å²) in [4.78, 5) is 14.5. The zero-order valence-corrected chi connectivity index (χ0v) is 10.4. The minimum absolute atomic E-state index is 0.0179. The molecule has 0 aromatic carbocycles. The maximum Gasteiger partial charge on any atom is 0.241 e. The lowest BCUT2D eigenvalue weighted by Crippen LogP contribution is -2.51. The van der Waals surface area contributed by atoms with Crippen LogP contribution in [0.2, 0.25) is 0 Å². The second-order valence-corrected chi connectivity index (χ2v) is 6.31. The lowest BCUT2D eigenvalue weighted by Gasteiger charge is -2.32. The second-order valence-electron chi connectivity index (χ2n) is 6.31. The van der Waals surface area contributed by atoms with Gasteiger partial charge in [-0.1, -0.05) is 13.8 Å². The summed E-state index contributed by atoms with van der Waals surface area (Å²) in [5.74, 6) is 0.761. The number of carbonyl (C=O) groups excluding carboxylic acids is 1. The van der Waals surface area contributed by atoms with Gasteiger partial charge in [-0.2, -0.15) is 5.26 Å². The van der Waals surface area contributed by atoms with Crippen LogP contribution in [0.4, 0.5) is 0 Å². The molecule has 3 rings (SSSR count). The van der Waals surface area contributed by atoms with Crippen molar-refractivity contribution in [2.45, 2.75) is 51.2 Å². The number of carbonyl (C=O) groups is 1. The van der Waals surface area contributed by atoms with E-state index in [4.69, 9.17) is 5.26 Å². The van der Waals surface area contributed by atoms with E-state index in [9.17, 15) is 4.79 Å². The van der Waals surface area contributed by atoms with Crippen LogP contribution >= 0.6 is 0 Å². The monoisotopic (exact) mass is 233 g/mol. The van der Waals surface area contributed by atoms with E-state index in [0.717, 1.165) is 25.8 Å². The van der Waals surface area contributed by atoms with E-state index in [1.807, 2.05) is 4.90 Å². The maximum atomic E-state index is 12.6. The van der Waals surface area contributed by atoms with E-state index in [1.165, 1.54) is 0 Å². The van der Waals surface area contributed by atoms with Crippen LogP contribution in [-0.2, 0) is 4.79 Å². The van der Waals surface area contributed by atoms with Crippen LogP contribution in [0.1, 0.15) is 33.1 Å². The number of nitrogens with one attached hydrogen (secondary N) is 1. The Labute approximate surface area is 102 Å². The molecule has 4 nitrogen and oxygen atoms in total. The quantitative estimate of drug-likeness (QED) is 0.731. The smallest absolute Gasteiger partial charge is 0.241 e. The van der Waals surface area contributed by atoms with Gasteiger partial charge in [0.1, 0.15) is 6.04 Å². The van der Waals surface area contributed by atoms with Gasteiger partial charge in [-0.15, -0.1) is 0 Å². The molecule has 1 aliphatic carbocycles. The van der Waals surface area contributed by atoms with Crippen molar-refractivity contribution in [1.82, 2.24) is 10.2 Å². The topological polar surface area (TPSA) is 56.1 Å². The van der Waals surface area contributed by atoms with E-state index in [-0.39, 0.29) is 23.4 Å². The highest BCUT2D eigenvalue weighted by Crippen LogP contribution is 2.48. The number of nitrogens with zero attached hydrogens (tertiary/aromatic N) is 2. The van der Waals surface area contributed by atoms with Crippen molar-refractivity contribution in [2.75, 3.05) is 6.54 Å². The van der Waals surface area contributed by atoms with Gasteiger partial charge in [-0.3, -0.25) is 4.79 Å². The predicted molar refractivity (Wildman–Crippen MR) is 62.9 cm³/mol. The fraction of sp³-hybridized carbons (Fsp3) is 0.846. The van der Waals surface area contributed by atoms with Crippen LogP contribution in [0.25, 0.3) is 0 Å². The first-order chi connectivity index (χ1) is 8.04. The second kappa shape index (κ2) is 3.46. The van der Waals surface area contributed by atoms with Crippen molar-refractivity contribution >= 4 is 5.91 Å².